The average molecular weight is 733 g/mol. The van der Waals surface area contributed by atoms with Gasteiger partial charge >= 0.3 is 11.9 Å². The number of hydrogen-bond acceptors (Lipinski definition) is 6. The molecule has 0 saturated heterocycles. The number of fused-ring (bicyclic) bond motifs is 4. The second-order valence-electron chi connectivity index (χ2n) is 18.6. The first-order chi connectivity index (χ1) is 25.6. The van der Waals surface area contributed by atoms with Crippen LogP contribution >= 0.6 is 0 Å². The number of hydrogen-bond donors (Lipinski definition) is 0. The van der Waals surface area contributed by atoms with E-state index in [0.29, 0.717) is 22.3 Å². The molecule has 0 aliphatic heterocycles. The van der Waals surface area contributed by atoms with Gasteiger partial charge in [0.1, 0.15) is 0 Å². The van der Waals surface area contributed by atoms with Crippen molar-refractivity contribution in [2.45, 2.75) is 118 Å². The quantitative estimate of drug-likeness (QED) is 0.169. The van der Waals surface area contributed by atoms with Crippen molar-refractivity contribution in [1.29, 1.82) is 0 Å². The normalized spacial score (nSPS) is 34.6. The summed E-state index contributed by atoms with van der Waals surface area (Å²) in [5, 5.41) is 0. The molecule has 0 spiro atoms. The van der Waals surface area contributed by atoms with Gasteiger partial charge in [0, 0.05) is 22.3 Å². The summed E-state index contributed by atoms with van der Waals surface area (Å²) in [5.41, 5.74) is 5.47. The summed E-state index contributed by atoms with van der Waals surface area (Å²) < 4.78 is 10.7. The van der Waals surface area contributed by atoms with Gasteiger partial charge in [-0.05, 0) is 149 Å². The molecule has 5 aliphatic carbocycles. The molecule has 5 aliphatic rings. The number of benzene rings is 2. The van der Waals surface area contributed by atoms with E-state index in [2.05, 4.69) is 40.9 Å². The van der Waals surface area contributed by atoms with E-state index in [4.69, 9.17) is 9.47 Å². The molecule has 7 rings (SSSR count). The largest absolute Gasteiger partial charge is 0.469 e. The Kier molecular flexibility index (Phi) is 10.0. The fourth-order valence-corrected chi connectivity index (χ4v) is 13.1. The van der Waals surface area contributed by atoms with E-state index >= 15 is 0 Å². The van der Waals surface area contributed by atoms with E-state index in [1.807, 2.05) is 36.4 Å². The van der Waals surface area contributed by atoms with Crippen molar-refractivity contribution in [3.05, 3.63) is 94.1 Å². The molecule has 6 nitrogen and oxygen atoms in total. The highest BCUT2D eigenvalue weighted by molar-refractivity contribution is 6.28. The SMILES string of the molecule is C=C1CC[C@H]2[C@@](C)(CCC[C@@]2(C)C(=O)OC)[C@@H]1CCc1ccc2c(c1)C(=O)c1cc(CC[C@H]3C(=C)CC[C@@H]4[C@]3(C)CCC[C@]4(C)C(=O)OC)ccc1C2=O. The van der Waals surface area contributed by atoms with Crippen molar-refractivity contribution in [1.82, 2.24) is 0 Å². The zero-order chi connectivity index (χ0) is 38.8. The van der Waals surface area contributed by atoms with Crippen LogP contribution in [0.2, 0.25) is 0 Å². The second-order valence-corrected chi connectivity index (χ2v) is 18.6. The average Bonchev–Trinajstić information content (AvgIpc) is 3.15. The van der Waals surface area contributed by atoms with Crippen LogP contribution in [0, 0.1) is 45.3 Å². The number of methoxy groups -OCH3 is 2. The minimum Gasteiger partial charge on any atom is -0.469 e. The summed E-state index contributed by atoms with van der Waals surface area (Å²) in [6, 6.07) is 11.6. The van der Waals surface area contributed by atoms with E-state index < -0.39 is 10.8 Å². The smallest absolute Gasteiger partial charge is 0.311 e. The first-order valence-corrected chi connectivity index (χ1v) is 20.5. The molecule has 0 heterocycles. The fourth-order valence-electron chi connectivity index (χ4n) is 13.1. The highest BCUT2D eigenvalue weighted by Gasteiger charge is 2.59. The number of rotatable bonds is 8. The van der Waals surface area contributed by atoms with Gasteiger partial charge < -0.3 is 9.47 Å². The lowest BCUT2D eigenvalue weighted by Gasteiger charge is -2.57. The van der Waals surface area contributed by atoms with Gasteiger partial charge in [-0.15, -0.1) is 0 Å². The Morgan fingerprint density at radius 3 is 1.41 bits per heavy atom. The topological polar surface area (TPSA) is 86.7 Å². The number of aryl methyl sites for hydroxylation is 2. The molecule has 6 heteroatoms. The van der Waals surface area contributed by atoms with E-state index in [1.54, 1.807) is 0 Å². The van der Waals surface area contributed by atoms with Gasteiger partial charge in [0.2, 0.25) is 0 Å². The fraction of sp³-hybridized carbons (Fsp3) is 0.583. The Labute approximate surface area is 322 Å². The van der Waals surface area contributed by atoms with Crippen LogP contribution in [0.1, 0.15) is 148 Å². The summed E-state index contributed by atoms with van der Waals surface area (Å²) in [7, 11) is 3.01. The molecule has 4 fully saturated rings. The molecule has 0 unspecified atom stereocenters. The summed E-state index contributed by atoms with van der Waals surface area (Å²) in [4.78, 5) is 54.2. The molecule has 54 heavy (non-hydrogen) atoms. The molecule has 0 bridgehead atoms. The molecule has 0 amide bonds. The maximum absolute atomic E-state index is 14.2. The molecule has 4 saturated carbocycles. The summed E-state index contributed by atoms with van der Waals surface area (Å²) in [5.74, 6) is 0.612. The van der Waals surface area contributed by atoms with Crippen molar-refractivity contribution in [3.63, 3.8) is 0 Å². The Morgan fingerprint density at radius 1 is 0.630 bits per heavy atom. The molecular formula is C48H60O6. The third-order valence-corrected chi connectivity index (χ3v) is 15.9. The van der Waals surface area contributed by atoms with Crippen LogP contribution in [0.4, 0.5) is 0 Å². The van der Waals surface area contributed by atoms with Gasteiger partial charge in [0.05, 0.1) is 25.0 Å². The number of carbonyl (C=O) groups is 4. The van der Waals surface area contributed by atoms with Crippen molar-refractivity contribution in [3.8, 4) is 0 Å². The monoisotopic (exact) mass is 732 g/mol. The molecule has 0 radical (unpaired) electrons. The minimum absolute atomic E-state index is 0.0494. The van der Waals surface area contributed by atoms with Crippen molar-refractivity contribution in [2.24, 2.45) is 45.3 Å². The lowest BCUT2D eigenvalue weighted by molar-refractivity contribution is -0.168. The molecule has 8 atom stereocenters. The highest BCUT2D eigenvalue weighted by Crippen LogP contribution is 2.63. The van der Waals surface area contributed by atoms with Gasteiger partial charge in [-0.1, -0.05) is 75.3 Å². The van der Waals surface area contributed by atoms with Crippen molar-refractivity contribution in [2.75, 3.05) is 14.2 Å². The van der Waals surface area contributed by atoms with Gasteiger partial charge in [-0.25, -0.2) is 0 Å². The Bertz CT molecular complexity index is 1790. The van der Waals surface area contributed by atoms with E-state index in [9.17, 15) is 19.2 Å². The van der Waals surface area contributed by atoms with E-state index in [-0.39, 0.29) is 58.0 Å². The number of ketones is 2. The number of carbonyl (C=O) groups excluding carboxylic acids is 4. The van der Waals surface area contributed by atoms with Gasteiger partial charge in [0.25, 0.3) is 0 Å². The van der Waals surface area contributed by atoms with Gasteiger partial charge in [0.15, 0.2) is 11.6 Å². The predicted molar refractivity (Wildman–Crippen MR) is 211 cm³/mol. The molecule has 0 aromatic heterocycles. The third kappa shape index (κ3) is 5.96. The number of esters is 2. The molecular weight excluding hydrogens is 673 g/mol. The second kappa shape index (κ2) is 14.0. The van der Waals surface area contributed by atoms with Crippen LogP contribution in [-0.2, 0) is 31.9 Å². The van der Waals surface area contributed by atoms with Crippen LogP contribution in [0.15, 0.2) is 60.7 Å². The zero-order valence-corrected chi connectivity index (χ0v) is 33.5. The Balaban J connectivity index is 1.08. The maximum Gasteiger partial charge on any atom is 0.311 e. The van der Waals surface area contributed by atoms with Gasteiger partial charge in [-0.3, -0.25) is 19.2 Å². The number of ether oxygens (including phenoxy) is 2. The van der Waals surface area contributed by atoms with Crippen molar-refractivity contribution >= 4 is 23.5 Å². The third-order valence-electron chi connectivity index (χ3n) is 15.9. The van der Waals surface area contributed by atoms with E-state index in [0.717, 1.165) is 101 Å². The van der Waals surface area contributed by atoms with E-state index in [1.165, 1.54) is 25.4 Å². The molecule has 2 aromatic rings. The zero-order valence-electron chi connectivity index (χ0n) is 33.5. The van der Waals surface area contributed by atoms with Crippen LogP contribution in [-0.4, -0.2) is 37.7 Å². The summed E-state index contributed by atoms with van der Waals surface area (Å²) in [6.07, 6.45) is 12.9. The summed E-state index contributed by atoms with van der Waals surface area (Å²) >= 11 is 0. The van der Waals surface area contributed by atoms with Crippen LogP contribution < -0.4 is 0 Å². The highest BCUT2D eigenvalue weighted by atomic mass is 16.5. The first-order valence-electron chi connectivity index (χ1n) is 20.5. The van der Waals surface area contributed by atoms with Crippen LogP contribution in [0.3, 0.4) is 0 Å². The maximum atomic E-state index is 14.2. The molecule has 0 N–H and O–H groups in total. The first kappa shape index (κ1) is 38.5. The molecule has 288 valence electrons. The van der Waals surface area contributed by atoms with Crippen molar-refractivity contribution < 1.29 is 28.7 Å². The number of allylic oxidation sites excluding steroid dienone is 2. The van der Waals surface area contributed by atoms with Crippen LogP contribution in [0.25, 0.3) is 0 Å². The predicted octanol–water partition coefficient (Wildman–Crippen LogP) is 10.2. The Hall–Kier alpha value is -3.80. The van der Waals surface area contributed by atoms with Gasteiger partial charge in [-0.2, -0.15) is 0 Å². The summed E-state index contributed by atoms with van der Waals surface area (Å²) in [6.45, 7) is 18.0. The minimum atomic E-state index is -0.488. The molecule has 2 aromatic carbocycles. The van der Waals surface area contributed by atoms with Crippen LogP contribution in [0.5, 0.6) is 0 Å². The Morgan fingerprint density at radius 2 is 1.02 bits per heavy atom. The standard InChI is InChI=1S/C48H60O6/c1-29-11-21-39-45(3,23-9-25-47(39,5)43(51)53-7)37(29)19-15-31-13-17-33-35(27-31)42(50)36-28-32(14-18-34(36)41(33)49)16-20-38-30(2)12-22-40-46(38,4)24-10-26-48(40,6)44(52)54-8/h13-14,17-18,27-28,37-40H,1-2,9-12,15-16,19-26H2,3-8H3/t37-,38+,39+,40-,45+,46-,47-,48+. The lowest BCUT2D eigenvalue weighted by atomic mass is 9.46. The lowest BCUT2D eigenvalue weighted by Crippen LogP contribution is -2.53.